The molecule has 1 aromatic rings. The van der Waals surface area contributed by atoms with E-state index in [4.69, 9.17) is 9.47 Å². The fourth-order valence-electron chi connectivity index (χ4n) is 2.79. The number of hydrogen-bond donors (Lipinski definition) is 1. The van der Waals surface area contributed by atoms with Crippen LogP contribution in [0.15, 0.2) is 24.3 Å². The number of likely N-dealkylation sites (N-methyl/N-ethyl adjacent to an activating group) is 1. The highest BCUT2D eigenvalue weighted by Crippen LogP contribution is 2.18. The number of hydrogen-bond acceptors (Lipinski definition) is 4. The zero-order valence-corrected chi connectivity index (χ0v) is 14.2. The lowest BCUT2D eigenvalue weighted by Gasteiger charge is -2.23. The van der Waals surface area contributed by atoms with E-state index >= 15 is 0 Å². The molecule has 23 heavy (non-hydrogen) atoms. The maximum Gasteiger partial charge on any atom is 0.222 e. The van der Waals surface area contributed by atoms with Gasteiger partial charge in [-0.15, -0.1) is 0 Å². The minimum atomic E-state index is 0.210. The van der Waals surface area contributed by atoms with Gasteiger partial charge in [0.05, 0.1) is 13.7 Å². The molecule has 1 aromatic carbocycles. The lowest BCUT2D eigenvalue weighted by molar-refractivity contribution is -0.130. The summed E-state index contributed by atoms with van der Waals surface area (Å²) in [5.41, 5.74) is 0. The van der Waals surface area contributed by atoms with Crippen LogP contribution in [0.5, 0.6) is 11.5 Å². The van der Waals surface area contributed by atoms with Gasteiger partial charge in [-0.2, -0.15) is 0 Å². The topological polar surface area (TPSA) is 50.8 Å². The molecule has 0 saturated carbocycles. The van der Waals surface area contributed by atoms with Crippen LogP contribution in [0.3, 0.4) is 0 Å². The predicted molar refractivity (Wildman–Crippen MR) is 91.0 cm³/mol. The average molecular weight is 320 g/mol. The van der Waals surface area contributed by atoms with Crippen LogP contribution in [0, 0.1) is 5.92 Å². The molecule has 1 amide bonds. The molecule has 0 aromatic heterocycles. The number of piperidine rings is 1. The molecule has 0 unspecified atom stereocenters. The molecule has 2 rings (SSSR count). The summed E-state index contributed by atoms with van der Waals surface area (Å²) in [5.74, 6) is 2.51. The van der Waals surface area contributed by atoms with Crippen molar-refractivity contribution in [3.63, 3.8) is 0 Å². The van der Waals surface area contributed by atoms with Crippen LogP contribution < -0.4 is 14.8 Å². The van der Waals surface area contributed by atoms with Crippen LogP contribution in [0.4, 0.5) is 0 Å². The molecule has 1 fully saturated rings. The second-order valence-corrected chi connectivity index (χ2v) is 6.07. The molecule has 0 atom stereocenters. The second kappa shape index (κ2) is 9.40. The molecule has 1 N–H and O–H groups in total. The Labute approximate surface area is 139 Å². The Balaban J connectivity index is 1.62. The first-order chi connectivity index (χ1) is 11.2. The van der Waals surface area contributed by atoms with E-state index in [1.54, 1.807) is 12.0 Å². The summed E-state index contributed by atoms with van der Waals surface area (Å²) in [4.78, 5) is 13.9. The number of nitrogens with one attached hydrogen (secondary N) is 1. The molecule has 0 aliphatic carbocycles. The van der Waals surface area contributed by atoms with E-state index in [1.807, 2.05) is 31.3 Å². The minimum absolute atomic E-state index is 0.210. The van der Waals surface area contributed by atoms with Gasteiger partial charge in [0.15, 0.2) is 0 Å². The van der Waals surface area contributed by atoms with Gasteiger partial charge < -0.3 is 19.7 Å². The summed E-state index contributed by atoms with van der Waals surface area (Å²) >= 11 is 0. The van der Waals surface area contributed by atoms with Crippen LogP contribution in [0.1, 0.15) is 25.7 Å². The van der Waals surface area contributed by atoms with Gasteiger partial charge in [-0.3, -0.25) is 4.79 Å². The lowest BCUT2D eigenvalue weighted by atomic mass is 9.93. The van der Waals surface area contributed by atoms with Crippen molar-refractivity contribution >= 4 is 5.91 Å². The van der Waals surface area contributed by atoms with Crippen molar-refractivity contribution in [2.24, 2.45) is 5.92 Å². The molecule has 128 valence electrons. The quantitative estimate of drug-likeness (QED) is 0.798. The Hall–Kier alpha value is -1.75. The third kappa shape index (κ3) is 6.10. The number of nitrogens with zero attached hydrogens (tertiary/aromatic N) is 1. The van der Waals surface area contributed by atoms with E-state index in [9.17, 15) is 4.79 Å². The van der Waals surface area contributed by atoms with Gasteiger partial charge in [-0.1, -0.05) is 0 Å². The van der Waals surface area contributed by atoms with Gasteiger partial charge in [0.2, 0.25) is 5.91 Å². The van der Waals surface area contributed by atoms with Gasteiger partial charge in [-0.05, 0) is 62.5 Å². The second-order valence-electron chi connectivity index (χ2n) is 6.07. The van der Waals surface area contributed by atoms with Gasteiger partial charge in [0.25, 0.3) is 0 Å². The maximum atomic E-state index is 12.1. The largest absolute Gasteiger partial charge is 0.497 e. The summed E-state index contributed by atoms with van der Waals surface area (Å²) in [6, 6.07) is 7.47. The van der Waals surface area contributed by atoms with Crippen LogP contribution in [-0.2, 0) is 4.79 Å². The van der Waals surface area contributed by atoms with Crippen LogP contribution >= 0.6 is 0 Å². The molecule has 1 saturated heterocycles. The van der Waals surface area contributed by atoms with Crippen molar-refractivity contribution in [2.75, 3.05) is 40.4 Å². The molecular formula is C18H28N2O3. The molecule has 0 bridgehead atoms. The third-order valence-corrected chi connectivity index (χ3v) is 4.41. The monoisotopic (exact) mass is 320 g/mol. The Morgan fingerprint density at radius 3 is 2.52 bits per heavy atom. The first-order valence-corrected chi connectivity index (χ1v) is 8.40. The summed E-state index contributed by atoms with van der Waals surface area (Å²) in [6.45, 7) is 3.29. The number of rotatable bonds is 8. The number of methoxy groups -OCH3 is 1. The van der Waals surface area contributed by atoms with Crippen molar-refractivity contribution in [1.29, 1.82) is 0 Å². The van der Waals surface area contributed by atoms with Gasteiger partial charge >= 0.3 is 0 Å². The highest BCUT2D eigenvalue weighted by atomic mass is 16.5. The molecule has 5 nitrogen and oxygen atoms in total. The first-order valence-electron chi connectivity index (χ1n) is 8.40. The summed E-state index contributed by atoms with van der Waals surface area (Å²) in [6.07, 6.45) is 4.03. The maximum absolute atomic E-state index is 12.1. The van der Waals surface area contributed by atoms with E-state index in [0.717, 1.165) is 31.0 Å². The number of carbonyl (C=O) groups is 1. The summed E-state index contributed by atoms with van der Waals surface area (Å²) < 4.78 is 10.8. The Kier molecular flexibility index (Phi) is 7.20. The van der Waals surface area contributed by atoms with Crippen molar-refractivity contribution in [2.45, 2.75) is 25.7 Å². The molecule has 1 heterocycles. The van der Waals surface area contributed by atoms with Crippen LogP contribution in [-0.4, -0.2) is 51.2 Å². The standard InChI is InChI=1S/C18H28N2O3/c1-20(18(21)8-3-15-9-11-19-12-10-15)13-14-23-17-6-4-16(22-2)5-7-17/h4-7,15,19H,3,8-14H2,1-2H3. The van der Waals surface area contributed by atoms with E-state index in [-0.39, 0.29) is 5.91 Å². The molecule has 0 radical (unpaired) electrons. The molecular weight excluding hydrogens is 292 g/mol. The van der Waals surface area contributed by atoms with Gasteiger partial charge in [0.1, 0.15) is 18.1 Å². The Morgan fingerprint density at radius 1 is 1.22 bits per heavy atom. The molecule has 1 aliphatic rings. The van der Waals surface area contributed by atoms with E-state index in [2.05, 4.69) is 5.32 Å². The SMILES string of the molecule is COc1ccc(OCCN(C)C(=O)CCC2CCNCC2)cc1. The van der Waals surface area contributed by atoms with E-state index < -0.39 is 0 Å². The lowest BCUT2D eigenvalue weighted by Crippen LogP contribution is -2.32. The summed E-state index contributed by atoms with van der Waals surface area (Å²) in [7, 11) is 3.49. The van der Waals surface area contributed by atoms with Crippen molar-refractivity contribution in [3.05, 3.63) is 24.3 Å². The van der Waals surface area contributed by atoms with Crippen LogP contribution in [0.2, 0.25) is 0 Å². The number of carbonyl (C=O) groups excluding carboxylic acids is 1. The molecule has 0 spiro atoms. The van der Waals surface area contributed by atoms with E-state index in [1.165, 1.54) is 12.8 Å². The highest BCUT2D eigenvalue weighted by molar-refractivity contribution is 5.75. The zero-order chi connectivity index (χ0) is 16.5. The number of benzene rings is 1. The minimum Gasteiger partial charge on any atom is -0.497 e. The van der Waals surface area contributed by atoms with Crippen molar-refractivity contribution < 1.29 is 14.3 Å². The Morgan fingerprint density at radius 2 is 1.87 bits per heavy atom. The van der Waals surface area contributed by atoms with Gasteiger partial charge in [-0.25, -0.2) is 0 Å². The fraction of sp³-hybridized carbons (Fsp3) is 0.611. The number of ether oxygens (including phenoxy) is 2. The van der Waals surface area contributed by atoms with E-state index in [0.29, 0.717) is 25.5 Å². The van der Waals surface area contributed by atoms with Crippen molar-refractivity contribution in [1.82, 2.24) is 10.2 Å². The highest BCUT2D eigenvalue weighted by Gasteiger charge is 2.16. The smallest absolute Gasteiger partial charge is 0.222 e. The molecule has 5 heteroatoms. The normalized spacial score (nSPS) is 15.2. The number of amides is 1. The fourth-order valence-corrected chi connectivity index (χ4v) is 2.79. The average Bonchev–Trinajstić information content (AvgIpc) is 2.61. The Bertz CT molecular complexity index is 470. The van der Waals surface area contributed by atoms with Crippen molar-refractivity contribution in [3.8, 4) is 11.5 Å². The third-order valence-electron chi connectivity index (χ3n) is 4.41. The zero-order valence-electron chi connectivity index (χ0n) is 14.2. The molecule has 1 aliphatic heterocycles. The first kappa shape index (κ1) is 17.6. The predicted octanol–water partition coefficient (Wildman–Crippen LogP) is 2.31. The van der Waals surface area contributed by atoms with Crippen LogP contribution in [0.25, 0.3) is 0 Å². The summed E-state index contributed by atoms with van der Waals surface area (Å²) in [5, 5.41) is 3.36. The van der Waals surface area contributed by atoms with Gasteiger partial charge in [0, 0.05) is 13.5 Å².